The lowest BCUT2D eigenvalue weighted by atomic mass is 9.52. The van der Waals surface area contributed by atoms with E-state index >= 15 is 0 Å². The van der Waals surface area contributed by atoms with Crippen molar-refractivity contribution in [3.8, 4) is 0 Å². The van der Waals surface area contributed by atoms with Crippen molar-refractivity contribution < 1.29 is 19.4 Å². The molecule has 2 unspecified atom stereocenters. The Morgan fingerprint density at radius 3 is 2.54 bits per heavy atom. The third-order valence-electron chi connectivity index (χ3n) is 8.42. The Bertz CT molecular complexity index is 980. The van der Waals surface area contributed by atoms with Gasteiger partial charge in [-0.1, -0.05) is 6.08 Å². The summed E-state index contributed by atoms with van der Waals surface area (Å²) in [6.07, 6.45) is 9.94. The number of morpholine rings is 1. The van der Waals surface area contributed by atoms with Gasteiger partial charge in [-0.25, -0.2) is 4.68 Å². The molecule has 4 saturated carbocycles. The standard InChI is InChI=1S/C26H39N5O4/c1-4-27-24(33)25(2,3)5-6-31-23(30-7-9-35-10-8-30)20(16-28-31)22(32)29-21-18-11-17-12-19(21)15-26(34,13-17)14-18/h5-6,16-19,21,34H,4,7-15H2,1-3H3,(H,27,33)(H,29,32)/b6-5+. The summed E-state index contributed by atoms with van der Waals surface area (Å²) in [5, 5.41) is 21.7. The van der Waals surface area contributed by atoms with Crippen LogP contribution in [-0.2, 0) is 9.53 Å². The molecule has 4 bridgehead atoms. The molecule has 3 N–H and O–H groups in total. The first kappa shape index (κ1) is 24.3. The molecule has 2 atom stereocenters. The van der Waals surface area contributed by atoms with Crippen molar-refractivity contribution in [2.75, 3.05) is 37.7 Å². The number of aromatic nitrogens is 2. The first-order valence-electron chi connectivity index (χ1n) is 13.1. The van der Waals surface area contributed by atoms with Crippen molar-refractivity contribution in [2.45, 2.75) is 64.5 Å². The molecule has 4 aliphatic carbocycles. The van der Waals surface area contributed by atoms with Gasteiger partial charge >= 0.3 is 0 Å². The minimum absolute atomic E-state index is 0.0576. The molecule has 1 aromatic rings. The normalized spacial score (nSPS) is 32.3. The van der Waals surface area contributed by atoms with Gasteiger partial charge in [0.2, 0.25) is 5.91 Å². The van der Waals surface area contributed by atoms with Crippen LogP contribution in [0.3, 0.4) is 0 Å². The Morgan fingerprint density at radius 1 is 1.23 bits per heavy atom. The van der Waals surface area contributed by atoms with Crippen molar-refractivity contribution in [3.05, 3.63) is 17.8 Å². The number of amides is 2. The molecule has 2 heterocycles. The molecule has 2 amide bonds. The van der Waals surface area contributed by atoms with Gasteiger partial charge in [-0.3, -0.25) is 9.59 Å². The fourth-order valence-corrected chi connectivity index (χ4v) is 6.88. The zero-order valence-corrected chi connectivity index (χ0v) is 21.1. The molecule has 9 heteroatoms. The van der Waals surface area contributed by atoms with Gasteiger partial charge in [-0.05, 0) is 70.6 Å². The van der Waals surface area contributed by atoms with Crippen molar-refractivity contribution in [2.24, 2.45) is 23.2 Å². The van der Waals surface area contributed by atoms with E-state index in [1.807, 2.05) is 26.8 Å². The summed E-state index contributed by atoms with van der Waals surface area (Å²) >= 11 is 0. The number of hydrogen-bond donors (Lipinski definition) is 3. The summed E-state index contributed by atoms with van der Waals surface area (Å²) in [7, 11) is 0. The zero-order chi connectivity index (χ0) is 24.8. The van der Waals surface area contributed by atoms with E-state index < -0.39 is 11.0 Å². The van der Waals surface area contributed by atoms with Crippen LogP contribution in [-0.4, -0.2) is 71.2 Å². The second-order valence-corrected chi connectivity index (χ2v) is 11.5. The molecular formula is C26H39N5O4. The van der Waals surface area contributed by atoms with E-state index in [1.165, 1.54) is 0 Å². The van der Waals surface area contributed by atoms with E-state index in [4.69, 9.17) is 4.74 Å². The number of hydrogen-bond acceptors (Lipinski definition) is 6. The lowest BCUT2D eigenvalue weighted by Gasteiger charge is -2.58. The van der Waals surface area contributed by atoms with E-state index in [1.54, 1.807) is 17.1 Å². The van der Waals surface area contributed by atoms with Gasteiger partial charge in [0.25, 0.3) is 5.91 Å². The van der Waals surface area contributed by atoms with E-state index in [2.05, 4.69) is 20.6 Å². The number of anilines is 1. The summed E-state index contributed by atoms with van der Waals surface area (Å²) in [5.41, 5.74) is -0.698. The molecule has 1 aliphatic heterocycles. The lowest BCUT2D eigenvalue weighted by Crippen LogP contribution is -2.61. The highest BCUT2D eigenvalue weighted by molar-refractivity contribution is 5.99. The fraction of sp³-hybridized carbons (Fsp3) is 0.731. The van der Waals surface area contributed by atoms with Crippen LogP contribution in [0.5, 0.6) is 0 Å². The maximum atomic E-state index is 13.6. The molecule has 192 valence electrons. The lowest BCUT2D eigenvalue weighted by molar-refractivity contribution is -0.136. The van der Waals surface area contributed by atoms with Crippen LogP contribution in [0, 0.1) is 23.2 Å². The number of ether oxygens (including phenoxy) is 1. The smallest absolute Gasteiger partial charge is 0.256 e. The molecule has 5 fully saturated rings. The molecule has 5 aliphatic rings. The highest BCUT2D eigenvalue weighted by Gasteiger charge is 2.55. The van der Waals surface area contributed by atoms with Crippen LogP contribution in [0.1, 0.15) is 63.2 Å². The van der Waals surface area contributed by atoms with E-state index in [-0.39, 0.29) is 17.9 Å². The van der Waals surface area contributed by atoms with Crippen LogP contribution in [0.25, 0.3) is 6.20 Å². The monoisotopic (exact) mass is 485 g/mol. The maximum absolute atomic E-state index is 13.6. The Labute approximate surface area is 207 Å². The SMILES string of the molecule is CCNC(=O)C(C)(C)/C=C/n1ncc(C(=O)NC2C3CC4CC2CC(O)(C4)C3)c1N1CCOCC1. The van der Waals surface area contributed by atoms with Gasteiger partial charge in [0, 0.05) is 31.9 Å². The largest absolute Gasteiger partial charge is 0.390 e. The Balaban J connectivity index is 1.39. The average Bonchev–Trinajstić information content (AvgIpc) is 3.24. The summed E-state index contributed by atoms with van der Waals surface area (Å²) in [4.78, 5) is 28.2. The molecule has 1 aromatic heterocycles. The molecule has 6 rings (SSSR count). The highest BCUT2D eigenvalue weighted by atomic mass is 16.5. The van der Waals surface area contributed by atoms with E-state index in [9.17, 15) is 14.7 Å². The van der Waals surface area contributed by atoms with Crippen molar-refractivity contribution in [1.29, 1.82) is 0 Å². The van der Waals surface area contributed by atoms with Gasteiger partial charge in [-0.15, -0.1) is 0 Å². The molecule has 35 heavy (non-hydrogen) atoms. The van der Waals surface area contributed by atoms with Crippen LogP contribution in [0.15, 0.2) is 12.3 Å². The van der Waals surface area contributed by atoms with Crippen LogP contribution >= 0.6 is 0 Å². The van der Waals surface area contributed by atoms with Crippen molar-refractivity contribution >= 4 is 23.8 Å². The van der Waals surface area contributed by atoms with Crippen molar-refractivity contribution in [1.82, 2.24) is 20.4 Å². The Kier molecular flexibility index (Phi) is 6.42. The number of nitrogens with one attached hydrogen (secondary N) is 2. The van der Waals surface area contributed by atoms with Crippen LogP contribution in [0.2, 0.25) is 0 Å². The summed E-state index contributed by atoms with van der Waals surface area (Å²) in [5.74, 6) is 1.84. The number of nitrogens with zero attached hydrogens (tertiary/aromatic N) is 3. The van der Waals surface area contributed by atoms with E-state index in [0.29, 0.717) is 56.2 Å². The van der Waals surface area contributed by atoms with Gasteiger partial charge in [0.05, 0.1) is 30.4 Å². The third-order valence-corrected chi connectivity index (χ3v) is 8.42. The van der Waals surface area contributed by atoms with Gasteiger partial charge < -0.3 is 25.4 Å². The second-order valence-electron chi connectivity index (χ2n) is 11.5. The van der Waals surface area contributed by atoms with Gasteiger partial charge in [0.15, 0.2) is 0 Å². The molecule has 9 nitrogen and oxygen atoms in total. The van der Waals surface area contributed by atoms with Crippen LogP contribution in [0.4, 0.5) is 5.82 Å². The highest BCUT2D eigenvalue weighted by Crippen LogP contribution is 2.55. The minimum atomic E-state index is -0.715. The summed E-state index contributed by atoms with van der Waals surface area (Å²) < 4.78 is 7.25. The quantitative estimate of drug-likeness (QED) is 0.545. The predicted molar refractivity (Wildman–Crippen MR) is 133 cm³/mol. The molecular weight excluding hydrogens is 446 g/mol. The first-order valence-corrected chi connectivity index (χ1v) is 13.1. The fourth-order valence-electron chi connectivity index (χ4n) is 6.88. The zero-order valence-electron chi connectivity index (χ0n) is 21.1. The third kappa shape index (κ3) is 4.72. The van der Waals surface area contributed by atoms with Crippen molar-refractivity contribution in [3.63, 3.8) is 0 Å². The molecule has 0 spiro atoms. The van der Waals surface area contributed by atoms with Gasteiger partial charge in [-0.2, -0.15) is 5.10 Å². The topological polar surface area (TPSA) is 109 Å². The summed E-state index contributed by atoms with van der Waals surface area (Å²) in [6, 6.07) is 0.104. The number of carbonyl (C=O) groups is 2. The maximum Gasteiger partial charge on any atom is 0.256 e. The van der Waals surface area contributed by atoms with Crippen LogP contribution < -0.4 is 15.5 Å². The number of carbonyl (C=O) groups excluding carboxylic acids is 2. The van der Waals surface area contributed by atoms with Gasteiger partial charge in [0.1, 0.15) is 11.4 Å². The number of rotatable bonds is 7. The number of aliphatic hydroxyl groups is 1. The molecule has 1 saturated heterocycles. The summed E-state index contributed by atoms with van der Waals surface area (Å²) in [6.45, 7) is 8.71. The molecule has 0 aromatic carbocycles. The molecule has 0 radical (unpaired) electrons. The Hall–Kier alpha value is -2.39. The first-order chi connectivity index (χ1) is 16.7. The predicted octanol–water partition coefficient (Wildman–Crippen LogP) is 2.02. The minimum Gasteiger partial charge on any atom is -0.390 e. The van der Waals surface area contributed by atoms with E-state index in [0.717, 1.165) is 37.9 Å². The Morgan fingerprint density at radius 2 is 1.91 bits per heavy atom. The second kappa shape index (κ2) is 9.24. The average molecular weight is 486 g/mol.